The Labute approximate surface area is 250 Å². The number of allylic oxidation sites excluding steroid dienone is 8. The van der Waals surface area contributed by atoms with Crippen molar-refractivity contribution in [3.05, 3.63) is 107 Å². The second-order valence-corrected chi connectivity index (χ2v) is 7.83. The van der Waals surface area contributed by atoms with Crippen LogP contribution in [-0.2, 0) is 21.7 Å². The zero-order chi connectivity index (χ0) is 29.9. The van der Waals surface area contributed by atoms with Gasteiger partial charge in [0, 0.05) is 0 Å². The Morgan fingerprint density at radius 3 is 1.10 bits per heavy atom. The average molecular weight is 620 g/mol. The Balaban J connectivity index is 0.000000573. The summed E-state index contributed by atoms with van der Waals surface area (Å²) in [6, 6.07) is 2.55. The van der Waals surface area contributed by atoms with E-state index in [4.69, 9.17) is 0 Å². The molecule has 0 heterocycles. The van der Waals surface area contributed by atoms with Crippen LogP contribution in [0.5, 0.6) is 11.5 Å². The van der Waals surface area contributed by atoms with Crippen molar-refractivity contribution in [3.63, 3.8) is 0 Å². The van der Waals surface area contributed by atoms with Crippen molar-refractivity contribution in [2.24, 2.45) is 0 Å². The summed E-state index contributed by atoms with van der Waals surface area (Å²) in [6.07, 6.45) is 22.6. The minimum absolute atomic E-state index is 0. The number of ether oxygens (including phenoxy) is 2. The van der Waals surface area contributed by atoms with Gasteiger partial charge < -0.3 is 9.47 Å². The monoisotopic (exact) mass is 620 g/mol. The van der Waals surface area contributed by atoms with Gasteiger partial charge in [-0.1, -0.05) is 26.7 Å². The molecule has 0 spiro atoms. The molecule has 0 saturated carbocycles. The summed E-state index contributed by atoms with van der Waals surface area (Å²) in [4.78, 5) is 0. The van der Waals surface area contributed by atoms with E-state index in [0.717, 1.165) is 25.7 Å². The maximum atomic E-state index is 12.9. The molecule has 220 valence electrons. The summed E-state index contributed by atoms with van der Waals surface area (Å²) in [7, 11) is 0. The molecular weight excluding hydrogens is 592 g/mol. The summed E-state index contributed by atoms with van der Waals surface area (Å²) in [5.41, 5.74) is 0. The first kappa shape index (κ1) is 38.2. The molecule has 0 radical (unpaired) electrons. The zero-order valence-corrected chi connectivity index (χ0v) is 24.0. The molecule has 0 atom stereocenters. The summed E-state index contributed by atoms with van der Waals surface area (Å²) in [6.45, 7) is 3.70. The molecule has 2 aliphatic rings. The van der Waals surface area contributed by atoms with Crippen molar-refractivity contribution in [3.8, 4) is 11.5 Å². The molecule has 4 rings (SSSR count). The van der Waals surface area contributed by atoms with Crippen molar-refractivity contribution in [2.45, 2.75) is 52.4 Å². The molecule has 2 aliphatic carbocycles. The molecule has 0 fully saturated rings. The molecule has 0 unspecified atom stereocenters. The van der Waals surface area contributed by atoms with Gasteiger partial charge in [0.2, 0.25) is 0 Å². The van der Waals surface area contributed by atoms with Crippen LogP contribution in [0.2, 0.25) is 0 Å². The van der Waals surface area contributed by atoms with Gasteiger partial charge in [-0.15, -0.1) is 25.0 Å². The van der Waals surface area contributed by atoms with Crippen LogP contribution in [0.15, 0.2) is 36.5 Å². The zero-order valence-electron chi connectivity index (χ0n) is 22.5. The van der Waals surface area contributed by atoms with Crippen molar-refractivity contribution in [1.29, 1.82) is 0 Å². The van der Waals surface area contributed by atoms with Gasteiger partial charge in [0.05, 0.1) is 71.3 Å². The van der Waals surface area contributed by atoms with E-state index in [9.17, 15) is 35.1 Å². The molecule has 0 aliphatic heterocycles. The number of unbranched alkanes of at least 4 members (excludes halogenated alkanes) is 2. The molecule has 2 nitrogen and oxygen atoms in total. The Kier molecular flexibility index (Phi) is 20.3. The minimum Gasteiger partial charge on any atom is -0.513 e. The molecule has 0 saturated heterocycles. The maximum Gasteiger partial charge on any atom is 4.00 e. The number of benzene rings is 2. The van der Waals surface area contributed by atoms with E-state index in [0.29, 0.717) is 12.8 Å². The van der Waals surface area contributed by atoms with E-state index in [1.165, 1.54) is 12.1 Å². The van der Waals surface area contributed by atoms with Crippen molar-refractivity contribution in [2.75, 3.05) is 13.2 Å². The first-order valence-electron chi connectivity index (χ1n) is 12.3. The van der Waals surface area contributed by atoms with Gasteiger partial charge in [0.25, 0.3) is 0 Å². The van der Waals surface area contributed by atoms with Gasteiger partial charge in [-0.25, -0.2) is 41.9 Å². The third kappa shape index (κ3) is 14.1. The summed E-state index contributed by atoms with van der Waals surface area (Å²) >= 11 is 0. The molecule has 0 amide bonds. The van der Waals surface area contributed by atoms with Crippen molar-refractivity contribution < 1.29 is 66.3 Å². The van der Waals surface area contributed by atoms with Crippen LogP contribution >= 0.6 is 0 Å². The second kappa shape index (κ2) is 21.8. The minimum atomic E-state index is -1.58. The first-order valence-corrected chi connectivity index (χ1v) is 12.3. The number of rotatable bonds is 8. The molecule has 41 heavy (non-hydrogen) atoms. The van der Waals surface area contributed by atoms with E-state index >= 15 is 0 Å². The van der Waals surface area contributed by atoms with E-state index in [1.54, 1.807) is 0 Å². The van der Waals surface area contributed by atoms with Crippen LogP contribution in [0.1, 0.15) is 52.4 Å². The first-order chi connectivity index (χ1) is 19.1. The van der Waals surface area contributed by atoms with Gasteiger partial charge >= 0.3 is 21.7 Å². The van der Waals surface area contributed by atoms with Gasteiger partial charge in [0.15, 0.2) is 0 Å². The normalized spacial score (nSPS) is 12.0. The number of hydrogen-bond donors (Lipinski definition) is 0. The Morgan fingerprint density at radius 1 is 0.585 bits per heavy atom. The topological polar surface area (TPSA) is 18.5 Å². The van der Waals surface area contributed by atoms with Gasteiger partial charge in [-0.05, 0) is 12.8 Å². The molecule has 0 N–H and O–H groups in total. The SMILES string of the molecule is CCCCOc1c(F)c(F)[c-]c(F)c1F.CCCCOc1c(F)c(F)[c-]c(F)c1F.[C-]1=CC=CC1.[C-]1=CC=CC1.[Ti+4]. The van der Waals surface area contributed by atoms with E-state index in [-0.39, 0.29) is 34.9 Å². The predicted molar refractivity (Wildman–Crippen MR) is 134 cm³/mol. The predicted octanol–water partition coefficient (Wildman–Crippen LogP) is 9.05. The van der Waals surface area contributed by atoms with Gasteiger partial charge in [0.1, 0.15) is 0 Å². The molecule has 0 aromatic heterocycles. The van der Waals surface area contributed by atoms with E-state index in [1.807, 2.05) is 38.2 Å². The number of halogens is 8. The van der Waals surface area contributed by atoms with Crippen LogP contribution in [-0.4, -0.2) is 13.2 Å². The Morgan fingerprint density at radius 2 is 0.902 bits per heavy atom. The summed E-state index contributed by atoms with van der Waals surface area (Å²) < 4.78 is 111. The Hall–Kier alpha value is -2.85. The van der Waals surface area contributed by atoms with Gasteiger partial charge in [-0.3, -0.25) is 29.7 Å². The van der Waals surface area contributed by atoms with Crippen LogP contribution in [0.3, 0.4) is 0 Å². The van der Waals surface area contributed by atoms with Crippen LogP contribution in [0.25, 0.3) is 0 Å². The molecule has 2 aromatic carbocycles. The smallest absolute Gasteiger partial charge is 0.513 e. The molecule has 11 heteroatoms. The fourth-order valence-corrected chi connectivity index (χ4v) is 2.57. The average Bonchev–Trinajstić information content (AvgIpc) is 3.71. The van der Waals surface area contributed by atoms with E-state index in [2.05, 4.69) is 33.8 Å². The van der Waals surface area contributed by atoms with Gasteiger partial charge in [-0.2, -0.15) is 12.2 Å². The number of hydrogen-bond acceptors (Lipinski definition) is 2. The van der Waals surface area contributed by atoms with Crippen LogP contribution in [0, 0.1) is 70.8 Å². The maximum absolute atomic E-state index is 12.9. The molecule has 2 aromatic rings. The third-order valence-electron chi connectivity index (χ3n) is 4.67. The second-order valence-electron chi connectivity index (χ2n) is 7.83. The summed E-state index contributed by atoms with van der Waals surface area (Å²) in [5, 5.41) is 0. The largest absolute Gasteiger partial charge is 4.00 e. The fourth-order valence-electron chi connectivity index (χ4n) is 2.57. The van der Waals surface area contributed by atoms with Crippen molar-refractivity contribution >= 4 is 0 Å². The Bertz CT molecular complexity index is 1020. The third-order valence-corrected chi connectivity index (χ3v) is 4.67. The quantitative estimate of drug-likeness (QED) is 0.0965. The van der Waals surface area contributed by atoms with Crippen LogP contribution in [0.4, 0.5) is 35.1 Å². The molecule has 0 bridgehead atoms. The molecular formula is C30H28F8O2Ti. The van der Waals surface area contributed by atoms with E-state index < -0.39 is 58.0 Å². The van der Waals surface area contributed by atoms with Crippen molar-refractivity contribution in [1.82, 2.24) is 0 Å². The summed E-state index contributed by atoms with van der Waals surface area (Å²) in [5.74, 6) is -14.6. The van der Waals surface area contributed by atoms with Crippen LogP contribution < -0.4 is 9.47 Å². The standard InChI is InChI=1S/2C10H9F4O.2C5H5.Ti/c2*1-2-3-4-15-10-8(13)6(11)5-7(12)9(10)14;2*1-2-4-5-3-1;/h2*2-4H2,1H3;2*1-3H,4H2;/q4*-1;+4. The fraction of sp³-hybridized carbons (Fsp3) is 0.333.